The summed E-state index contributed by atoms with van der Waals surface area (Å²) >= 11 is 0. The van der Waals surface area contributed by atoms with Gasteiger partial charge in [-0.15, -0.1) is 0 Å². The first-order valence-corrected chi connectivity index (χ1v) is 10.5. The van der Waals surface area contributed by atoms with Crippen LogP contribution in [-0.4, -0.2) is 41.7 Å². The second-order valence-electron chi connectivity index (χ2n) is 7.97. The lowest BCUT2D eigenvalue weighted by molar-refractivity contribution is -0.137. The minimum Gasteiger partial charge on any atom is -0.490 e. The van der Waals surface area contributed by atoms with Gasteiger partial charge in [0.15, 0.2) is 0 Å². The maximum Gasteiger partial charge on any atom is 0.303 e. The number of carboxylic acid groups (broad SMARTS) is 1. The normalized spacial score (nSPS) is 23.7. The van der Waals surface area contributed by atoms with Crippen LogP contribution in [0.3, 0.4) is 0 Å². The number of benzene rings is 1. The van der Waals surface area contributed by atoms with Crippen molar-refractivity contribution in [3.63, 3.8) is 0 Å². The zero-order valence-corrected chi connectivity index (χ0v) is 16.5. The molecule has 0 spiro atoms. The number of carbonyl (C=O) groups is 1. The minimum atomic E-state index is -0.705. The van der Waals surface area contributed by atoms with Crippen LogP contribution in [-0.2, 0) is 4.79 Å². The highest BCUT2D eigenvalue weighted by Crippen LogP contribution is 2.30. The van der Waals surface area contributed by atoms with Crippen molar-refractivity contribution in [3.8, 4) is 5.75 Å². The van der Waals surface area contributed by atoms with Gasteiger partial charge in [-0.25, -0.2) is 0 Å². The number of hydrogen-bond donors (Lipinski definition) is 1. The molecule has 0 aromatic heterocycles. The van der Waals surface area contributed by atoms with Crippen molar-refractivity contribution >= 4 is 11.5 Å². The molecule has 1 heterocycles. The minimum absolute atomic E-state index is 0.259. The Kier molecular flexibility index (Phi) is 7.33. The molecule has 1 aromatic carbocycles. The summed E-state index contributed by atoms with van der Waals surface area (Å²) < 4.78 is 6.20. The smallest absolute Gasteiger partial charge is 0.303 e. The Morgan fingerprint density at radius 2 is 1.93 bits per heavy atom. The summed E-state index contributed by atoms with van der Waals surface area (Å²) in [7, 11) is 0. The maximum absolute atomic E-state index is 10.6. The van der Waals surface area contributed by atoms with Gasteiger partial charge < -0.3 is 9.84 Å². The van der Waals surface area contributed by atoms with Gasteiger partial charge >= 0.3 is 5.97 Å². The van der Waals surface area contributed by atoms with Crippen molar-refractivity contribution < 1.29 is 14.6 Å². The molecule has 0 saturated heterocycles. The molecule has 0 unspecified atom stereocenters. The molecule has 0 atom stereocenters. The van der Waals surface area contributed by atoms with Gasteiger partial charge in [-0.2, -0.15) is 0 Å². The van der Waals surface area contributed by atoms with Crippen molar-refractivity contribution in [2.75, 3.05) is 19.6 Å². The summed E-state index contributed by atoms with van der Waals surface area (Å²) in [4.78, 5) is 12.9. The predicted octanol–water partition coefficient (Wildman–Crippen LogP) is 4.99. The Labute approximate surface area is 163 Å². The first-order chi connectivity index (χ1) is 13.1. The number of rotatable bonds is 8. The molecular formula is C23H33NO3. The highest BCUT2D eigenvalue weighted by molar-refractivity contribution is 5.67. The number of nitrogens with zero attached hydrogens (tertiary/aromatic N) is 1. The summed E-state index contributed by atoms with van der Waals surface area (Å²) in [6, 6.07) is 8.58. The van der Waals surface area contributed by atoms with E-state index in [2.05, 4.69) is 42.2 Å². The molecule has 27 heavy (non-hydrogen) atoms. The largest absolute Gasteiger partial charge is 0.490 e. The van der Waals surface area contributed by atoms with Crippen molar-refractivity contribution in [1.29, 1.82) is 0 Å². The third-order valence-electron chi connectivity index (χ3n) is 6.06. The van der Waals surface area contributed by atoms with Crippen LogP contribution in [0.25, 0.3) is 5.57 Å². The van der Waals surface area contributed by atoms with E-state index in [1.165, 1.54) is 43.2 Å². The van der Waals surface area contributed by atoms with E-state index in [0.29, 0.717) is 6.10 Å². The molecule has 4 nitrogen and oxygen atoms in total. The average Bonchev–Trinajstić information content (AvgIpc) is 2.69. The van der Waals surface area contributed by atoms with Crippen LogP contribution >= 0.6 is 0 Å². The van der Waals surface area contributed by atoms with Gasteiger partial charge in [0.2, 0.25) is 0 Å². The Morgan fingerprint density at radius 1 is 1.19 bits per heavy atom. The molecule has 2 aliphatic rings. The third-order valence-corrected chi connectivity index (χ3v) is 6.06. The van der Waals surface area contributed by atoms with E-state index in [9.17, 15) is 4.79 Å². The molecule has 1 fully saturated rings. The topological polar surface area (TPSA) is 49.8 Å². The van der Waals surface area contributed by atoms with Gasteiger partial charge in [0.1, 0.15) is 5.75 Å². The second-order valence-corrected chi connectivity index (χ2v) is 7.97. The SMILES string of the molecule is CC[C@H]1CC[C@H](Oc2ccc(C3=CCN(CCCC(=O)O)CC3)cc2)CC1. The van der Waals surface area contributed by atoms with Crippen molar-refractivity contribution in [2.24, 2.45) is 5.92 Å². The second kappa shape index (κ2) is 9.93. The summed E-state index contributed by atoms with van der Waals surface area (Å²) in [5.74, 6) is 1.18. The quantitative estimate of drug-likeness (QED) is 0.699. The van der Waals surface area contributed by atoms with Crippen molar-refractivity contribution in [2.45, 2.75) is 64.4 Å². The van der Waals surface area contributed by atoms with E-state index < -0.39 is 5.97 Å². The van der Waals surface area contributed by atoms with Crippen LogP contribution in [0.15, 0.2) is 30.3 Å². The zero-order valence-electron chi connectivity index (χ0n) is 16.5. The molecule has 0 bridgehead atoms. The fraction of sp³-hybridized carbons (Fsp3) is 0.609. The third kappa shape index (κ3) is 6.10. The van der Waals surface area contributed by atoms with E-state index in [-0.39, 0.29) is 6.42 Å². The standard InChI is InChI=1S/C23H33NO3/c1-2-18-5-9-21(10-6-18)27-22-11-7-19(8-12-22)20-13-16-24(17-14-20)15-3-4-23(25)26/h7-8,11-13,18,21H,2-6,9-10,14-17H2,1H3,(H,25,26)/t18-,21-. The van der Waals surface area contributed by atoms with E-state index in [1.54, 1.807) is 0 Å². The molecule has 1 saturated carbocycles. The number of hydrogen-bond acceptors (Lipinski definition) is 3. The highest BCUT2D eigenvalue weighted by Gasteiger charge is 2.21. The van der Waals surface area contributed by atoms with Gasteiger partial charge in [-0.1, -0.05) is 31.6 Å². The van der Waals surface area contributed by atoms with Gasteiger partial charge in [-0.3, -0.25) is 9.69 Å². The lowest BCUT2D eigenvalue weighted by Crippen LogP contribution is -2.29. The van der Waals surface area contributed by atoms with Crippen LogP contribution in [0.1, 0.15) is 63.9 Å². The van der Waals surface area contributed by atoms with Crippen LogP contribution in [0.4, 0.5) is 0 Å². The molecule has 1 aromatic rings. The Balaban J connectivity index is 1.46. The molecule has 0 radical (unpaired) electrons. The monoisotopic (exact) mass is 371 g/mol. The summed E-state index contributed by atoms with van der Waals surface area (Å²) in [6.07, 6.45) is 10.9. The molecule has 1 aliphatic heterocycles. The van der Waals surface area contributed by atoms with Crippen LogP contribution in [0.5, 0.6) is 5.75 Å². The van der Waals surface area contributed by atoms with E-state index >= 15 is 0 Å². The highest BCUT2D eigenvalue weighted by atomic mass is 16.5. The predicted molar refractivity (Wildman–Crippen MR) is 109 cm³/mol. The lowest BCUT2D eigenvalue weighted by atomic mass is 9.86. The number of carboxylic acids is 1. The summed E-state index contributed by atoms with van der Waals surface area (Å²) in [6.45, 7) is 5.07. The van der Waals surface area contributed by atoms with Crippen LogP contribution in [0, 0.1) is 5.92 Å². The van der Waals surface area contributed by atoms with Crippen molar-refractivity contribution in [1.82, 2.24) is 4.90 Å². The first-order valence-electron chi connectivity index (χ1n) is 10.5. The van der Waals surface area contributed by atoms with Gasteiger partial charge in [0.05, 0.1) is 6.10 Å². The molecule has 0 amide bonds. The molecule has 3 rings (SSSR count). The van der Waals surface area contributed by atoms with E-state index in [4.69, 9.17) is 9.84 Å². The summed E-state index contributed by atoms with van der Waals surface area (Å²) in [5, 5.41) is 8.74. The fourth-order valence-electron chi connectivity index (χ4n) is 4.23. The first kappa shape index (κ1) is 19.9. The number of aliphatic carboxylic acids is 1. The maximum atomic E-state index is 10.6. The molecule has 4 heteroatoms. The Bertz CT molecular complexity index is 630. The molecule has 148 valence electrons. The van der Waals surface area contributed by atoms with Gasteiger partial charge in [-0.05, 0) is 74.3 Å². The fourth-order valence-corrected chi connectivity index (χ4v) is 4.23. The summed E-state index contributed by atoms with van der Waals surface area (Å²) in [5.41, 5.74) is 2.67. The zero-order chi connectivity index (χ0) is 19.1. The average molecular weight is 372 g/mol. The van der Waals surface area contributed by atoms with Crippen LogP contribution in [0.2, 0.25) is 0 Å². The molecular weight excluding hydrogens is 338 g/mol. The van der Waals surface area contributed by atoms with Gasteiger partial charge in [0.25, 0.3) is 0 Å². The van der Waals surface area contributed by atoms with E-state index in [0.717, 1.165) is 44.1 Å². The number of ether oxygens (including phenoxy) is 1. The van der Waals surface area contributed by atoms with E-state index in [1.807, 2.05) is 0 Å². The Hall–Kier alpha value is -1.81. The van der Waals surface area contributed by atoms with Crippen molar-refractivity contribution in [3.05, 3.63) is 35.9 Å². The van der Waals surface area contributed by atoms with Crippen LogP contribution < -0.4 is 4.74 Å². The molecule has 1 aliphatic carbocycles. The Morgan fingerprint density at radius 3 is 2.52 bits per heavy atom. The van der Waals surface area contributed by atoms with Gasteiger partial charge in [0, 0.05) is 19.5 Å². The lowest BCUT2D eigenvalue weighted by Gasteiger charge is -2.28. The molecule has 1 N–H and O–H groups in total.